The second kappa shape index (κ2) is 7.58. The molecule has 0 fully saturated rings. The second-order valence-corrected chi connectivity index (χ2v) is 2.83. The summed E-state index contributed by atoms with van der Waals surface area (Å²) in [5.41, 5.74) is 0. The van der Waals surface area contributed by atoms with Crippen LogP contribution in [0.3, 0.4) is 0 Å². The lowest BCUT2D eigenvalue weighted by molar-refractivity contribution is -0.109. The summed E-state index contributed by atoms with van der Waals surface area (Å²) < 4.78 is 0. The van der Waals surface area contributed by atoms with Gasteiger partial charge in [-0.15, -0.1) is 0 Å². The van der Waals surface area contributed by atoms with E-state index in [1.807, 2.05) is 0 Å². The van der Waals surface area contributed by atoms with Crippen LogP contribution in [0.25, 0.3) is 0 Å². The van der Waals surface area contributed by atoms with Gasteiger partial charge in [-0.25, -0.2) is 0 Å². The molecule has 0 heterocycles. The van der Waals surface area contributed by atoms with Crippen LogP contribution in [0.2, 0.25) is 0 Å². The summed E-state index contributed by atoms with van der Waals surface area (Å²) in [7, 11) is 0. The fourth-order valence-electron chi connectivity index (χ4n) is 0.997. The number of rotatable bonds is 7. The first-order valence-electron chi connectivity index (χ1n) is 4.34. The Bertz CT molecular complexity index is 93.6. The average Bonchev–Trinajstić information content (AvgIpc) is 1.99. The van der Waals surface area contributed by atoms with Crippen molar-refractivity contribution in [3.8, 4) is 0 Å². The van der Waals surface area contributed by atoms with E-state index < -0.39 is 0 Å². The monoisotopic (exact) mass is 156 g/mol. The Hall–Kier alpha value is -0.530. The van der Waals surface area contributed by atoms with Gasteiger partial charge >= 0.3 is 0 Å². The van der Waals surface area contributed by atoms with Gasteiger partial charge < -0.3 is 5.32 Å². The highest BCUT2D eigenvalue weighted by Crippen LogP contribution is 2.04. The molecular weight excluding hydrogens is 138 g/mol. The van der Waals surface area contributed by atoms with Gasteiger partial charge in [0.1, 0.15) is 0 Å². The number of nitrogens with one attached hydrogen (secondary N) is 1. The van der Waals surface area contributed by atoms with Crippen molar-refractivity contribution >= 4 is 6.41 Å². The smallest absolute Gasteiger partial charge is 0.207 e. The minimum Gasteiger partial charge on any atom is -0.356 e. The van der Waals surface area contributed by atoms with Crippen LogP contribution in [0.5, 0.6) is 0 Å². The summed E-state index contributed by atoms with van der Waals surface area (Å²) in [6.45, 7) is 5.97. The van der Waals surface area contributed by atoms with Gasteiger partial charge in [-0.1, -0.05) is 32.6 Å². The van der Waals surface area contributed by atoms with E-state index in [0.717, 1.165) is 12.8 Å². The third kappa shape index (κ3) is 7.37. The van der Waals surface area contributed by atoms with Gasteiger partial charge in [-0.05, 0) is 13.3 Å². The molecule has 2 heteroatoms. The van der Waals surface area contributed by atoms with Crippen LogP contribution in [0.1, 0.15) is 39.0 Å². The Kier molecular flexibility index (Phi) is 7.21. The van der Waals surface area contributed by atoms with Crippen LogP contribution in [0.4, 0.5) is 0 Å². The zero-order valence-corrected chi connectivity index (χ0v) is 7.31. The van der Waals surface area contributed by atoms with Gasteiger partial charge in [0.15, 0.2) is 0 Å². The Labute approximate surface area is 69.4 Å². The average molecular weight is 156 g/mol. The largest absolute Gasteiger partial charge is 0.356 e. The SMILES string of the molecule is [CH2]C(CCCCCC)NC=O. The van der Waals surface area contributed by atoms with Gasteiger partial charge in [0.05, 0.1) is 0 Å². The van der Waals surface area contributed by atoms with Crippen molar-refractivity contribution in [1.29, 1.82) is 0 Å². The maximum absolute atomic E-state index is 9.95. The molecule has 0 bridgehead atoms. The summed E-state index contributed by atoms with van der Waals surface area (Å²) >= 11 is 0. The van der Waals surface area contributed by atoms with E-state index >= 15 is 0 Å². The topological polar surface area (TPSA) is 29.1 Å². The predicted molar refractivity (Wildman–Crippen MR) is 47.1 cm³/mol. The Morgan fingerprint density at radius 3 is 2.73 bits per heavy atom. The summed E-state index contributed by atoms with van der Waals surface area (Å²) in [6, 6.07) is 0.101. The fourth-order valence-corrected chi connectivity index (χ4v) is 0.997. The van der Waals surface area contributed by atoms with Gasteiger partial charge in [0.2, 0.25) is 6.41 Å². The molecule has 1 amide bonds. The van der Waals surface area contributed by atoms with Crippen molar-refractivity contribution < 1.29 is 4.79 Å². The molecule has 65 valence electrons. The molecule has 0 aliphatic heterocycles. The molecule has 0 saturated heterocycles. The van der Waals surface area contributed by atoms with Gasteiger partial charge in [-0.3, -0.25) is 4.79 Å². The molecule has 1 radical (unpaired) electrons. The van der Waals surface area contributed by atoms with Crippen LogP contribution < -0.4 is 5.32 Å². The van der Waals surface area contributed by atoms with Crippen molar-refractivity contribution in [1.82, 2.24) is 5.32 Å². The first kappa shape index (κ1) is 10.5. The molecule has 2 nitrogen and oxygen atoms in total. The quantitative estimate of drug-likeness (QED) is 0.442. The van der Waals surface area contributed by atoms with Crippen LogP contribution in [0, 0.1) is 6.92 Å². The van der Waals surface area contributed by atoms with E-state index in [9.17, 15) is 4.79 Å². The summed E-state index contributed by atoms with van der Waals surface area (Å²) in [4.78, 5) is 9.95. The minimum atomic E-state index is 0.101. The minimum absolute atomic E-state index is 0.101. The van der Waals surface area contributed by atoms with Crippen molar-refractivity contribution in [3.63, 3.8) is 0 Å². The highest BCUT2D eigenvalue weighted by atomic mass is 16.1. The molecule has 0 aliphatic rings. The zero-order valence-electron chi connectivity index (χ0n) is 7.31. The molecule has 0 aromatic rings. The molecule has 0 aromatic heterocycles. The number of carbonyl (C=O) groups excluding carboxylic acids is 1. The van der Waals surface area contributed by atoms with Gasteiger partial charge in [0.25, 0.3) is 0 Å². The lowest BCUT2D eigenvalue weighted by Crippen LogP contribution is -2.24. The van der Waals surface area contributed by atoms with Gasteiger partial charge in [0, 0.05) is 6.04 Å². The van der Waals surface area contributed by atoms with E-state index in [-0.39, 0.29) is 6.04 Å². The number of hydrogen-bond acceptors (Lipinski definition) is 1. The Balaban J connectivity index is 3.03. The number of amides is 1. The number of carbonyl (C=O) groups is 1. The molecule has 1 unspecified atom stereocenters. The fraction of sp³-hybridized carbons (Fsp3) is 0.778. The normalized spacial score (nSPS) is 12.5. The Morgan fingerprint density at radius 2 is 2.18 bits per heavy atom. The van der Waals surface area contributed by atoms with Crippen LogP contribution in [-0.2, 0) is 4.79 Å². The first-order valence-corrected chi connectivity index (χ1v) is 4.34. The number of unbranched alkanes of at least 4 members (excludes halogenated alkanes) is 3. The van der Waals surface area contributed by atoms with Crippen molar-refractivity contribution in [2.24, 2.45) is 0 Å². The molecule has 0 aliphatic carbocycles. The predicted octanol–water partition coefficient (Wildman–Crippen LogP) is 1.91. The van der Waals surface area contributed by atoms with E-state index in [2.05, 4.69) is 19.2 Å². The van der Waals surface area contributed by atoms with Crippen LogP contribution >= 0.6 is 0 Å². The summed E-state index contributed by atoms with van der Waals surface area (Å²) in [6.07, 6.45) is 6.68. The Morgan fingerprint density at radius 1 is 1.45 bits per heavy atom. The molecule has 0 rings (SSSR count). The third-order valence-electron chi connectivity index (χ3n) is 1.71. The standard InChI is InChI=1S/C9H18NO/c1-3-4-5-6-7-9(2)10-8-11/h8-9H,2-7H2,1H3,(H,10,11). The molecule has 0 spiro atoms. The highest BCUT2D eigenvalue weighted by molar-refractivity contribution is 5.46. The van der Waals surface area contributed by atoms with E-state index in [1.165, 1.54) is 25.7 Å². The molecular formula is C9H18NO. The highest BCUT2D eigenvalue weighted by Gasteiger charge is 1.97. The second-order valence-electron chi connectivity index (χ2n) is 2.83. The van der Waals surface area contributed by atoms with E-state index in [1.54, 1.807) is 0 Å². The summed E-state index contributed by atoms with van der Waals surface area (Å²) in [5.74, 6) is 0. The van der Waals surface area contributed by atoms with Crippen LogP contribution in [-0.4, -0.2) is 12.5 Å². The van der Waals surface area contributed by atoms with Crippen molar-refractivity contribution in [2.45, 2.75) is 45.1 Å². The lowest BCUT2D eigenvalue weighted by Gasteiger charge is -2.08. The maximum Gasteiger partial charge on any atom is 0.207 e. The number of hydrogen-bond donors (Lipinski definition) is 1. The van der Waals surface area contributed by atoms with Crippen molar-refractivity contribution in [3.05, 3.63) is 6.92 Å². The lowest BCUT2D eigenvalue weighted by atomic mass is 10.1. The molecule has 0 saturated carbocycles. The van der Waals surface area contributed by atoms with Crippen molar-refractivity contribution in [2.75, 3.05) is 0 Å². The molecule has 11 heavy (non-hydrogen) atoms. The molecule has 1 N–H and O–H groups in total. The summed E-state index contributed by atoms with van der Waals surface area (Å²) in [5, 5.41) is 2.63. The third-order valence-corrected chi connectivity index (χ3v) is 1.71. The van der Waals surface area contributed by atoms with Gasteiger partial charge in [-0.2, -0.15) is 0 Å². The first-order chi connectivity index (χ1) is 5.31. The van der Waals surface area contributed by atoms with Crippen LogP contribution in [0.15, 0.2) is 0 Å². The molecule has 0 aromatic carbocycles. The molecule has 1 atom stereocenters. The van der Waals surface area contributed by atoms with E-state index in [4.69, 9.17) is 0 Å². The maximum atomic E-state index is 9.95. The zero-order chi connectivity index (χ0) is 8.53. The van der Waals surface area contributed by atoms with E-state index in [0.29, 0.717) is 0 Å².